The Labute approximate surface area is 80.6 Å². The monoisotopic (exact) mass is 188 g/mol. The van der Waals surface area contributed by atoms with Gasteiger partial charge in [-0.05, 0) is 17.7 Å². The third-order valence-corrected chi connectivity index (χ3v) is 1.85. The van der Waals surface area contributed by atoms with Gasteiger partial charge in [0.25, 0.3) is 0 Å². The summed E-state index contributed by atoms with van der Waals surface area (Å²) >= 11 is 0. The van der Waals surface area contributed by atoms with Crippen LogP contribution in [0.15, 0.2) is 41.5 Å². The molecule has 0 radical (unpaired) electrons. The third kappa shape index (κ3) is 1.85. The van der Waals surface area contributed by atoms with Gasteiger partial charge >= 0.3 is 0 Å². The minimum Gasteiger partial charge on any atom is -0.472 e. The molecule has 0 aromatic carbocycles. The fraction of sp³-hybridized carbons (Fsp3) is 0.100. The van der Waals surface area contributed by atoms with Gasteiger partial charge in [-0.15, -0.1) is 0 Å². The molecule has 2 aromatic heterocycles. The molecule has 0 bridgehead atoms. The van der Waals surface area contributed by atoms with Crippen LogP contribution in [0.3, 0.4) is 0 Å². The molecular weight excluding hydrogens is 180 g/mol. The molecule has 0 aliphatic carbocycles. The summed E-state index contributed by atoms with van der Waals surface area (Å²) in [5.41, 5.74) is 1.44. The normalized spacial score (nSPS) is 10.0. The molecule has 2 heterocycles. The zero-order valence-corrected chi connectivity index (χ0v) is 7.38. The zero-order chi connectivity index (χ0) is 9.80. The maximum atomic E-state index is 11.6. The molecule has 0 atom stereocenters. The summed E-state index contributed by atoms with van der Waals surface area (Å²) in [6, 6.07) is 3.42. The molecule has 4 nitrogen and oxygen atoms in total. The number of nitrogens with zero attached hydrogens (tertiary/aromatic N) is 2. The summed E-state index contributed by atoms with van der Waals surface area (Å²) < 4.78 is 4.87. The molecule has 0 fully saturated rings. The van der Waals surface area contributed by atoms with Gasteiger partial charge in [0.15, 0.2) is 5.78 Å². The van der Waals surface area contributed by atoms with Crippen LogP contribution >= 0.6 is 0 Å². The predicted molar refractivity (Wildman–Crippen MR) is 48.8 cm³/mol. The van der Waals surface area contributed by atoms with Gasteiger partial charge in [-0.1, -0.05) is 0 Å². The standard InChI is InChI=1S/C10H8N2O2/c13-10(5-8-2-4-14-7-8)9-1-3-11-12-6-9/h1-4,6-7H,5H2. The predicted octanol–water partition coefficient (Wildman–Crippen LogP) is 1.49. The van der Waals surface area contributed by atoms with Crippen molar-refractivity contribution < 1.29 is 9.21 Å². The van der Waals surface area contributed by atoms with Gasteiger partial charge in [0.2, 0.25) is 0 Å². The van der Waals surface area contributed by atoms with Gasteiger partial charge in [0.1, 0.15) is 0 Å². The molecule has 0 amide bonds. The van der Waals surface area contributed by atoms with E-state index in [-0.39, 0.29) is 5.78 Å². The Morgan fingerprint density at radius 1 is 1.36 bits per heavy atom. The second-order valence-electron chi connectivity index (χ2n) is 2.86. The average Bonchev–Trinajstić information content (AvgIpc) is 2.72. The lowest BCUT2D eigenvalue weighted by molar-refractivity contribution is 0.0992. The Kier molecular flexibility index (Phi) is 2.36. The Hall–Kier alpha value is -1.97. The van der Waals surface area contributed by atoms with Crippen LogP contribution in [0, 0.1) is 0 Å². The van der Waals surface area contributed by atoms with Gasteiger partial charge in [0, 0.05) is 12.0 Å². The van der Waals surface area contributed by atoms with Crippen molar-refractivity contribution in [3.05, 3.63) is 48.2 Å². The summed E-state index contributed by atoms with van der Waals surface area (Å²) in [4.78, 5) is 11.6. The number of hydrogen-bond donors (Lipinski definition) is 0. The van der Waals surface area contributed by atoms with Crippen LogP contribution in [0.1, 0.15) is 15.9 Å². The first kappa shape index (κ1) is 8.62. The van der Waals surface area contributed by atoms with Crippen LogP contribution in [-0.2, 0) is 6.42 Å². The lowest BCUT2D eigenvalue weighted by Crippen LogP contribution is -2.03. The summed E-state index contributed by atoms with van der Waals surface area (Å²) in [7, 11) is 0. The van der Waals surface area contributed by atoms with Crippen molar-refractivity contribution in [2.75, 3.05) is 0 Å². The van der Waals surface area contributed by atoms with E-state index >= 15 is 0 Å². The molecule has 0 aliphatic heterocycles. The van der Waals surface area contributed by atoms with Crippen LogP contribution in [0.5, 0.6) is 0 Å². The Morgan fingerprint density at radius 2 is 2.29 bits per heavy atom. The molecule has 0 saturated heterocycles. The van der Waals surface area contributed by atoms with Gasteiger partial charge in [-0.2, -0.15) is 10.2 Å². The van der Waals surface area contributed by atoms with E-state index in [0.29, 0.717) is 12.0 Å². The van der Waals surface area contributed by atoms with Crippen LogP contribution < -0.4 is 0 Å². The number of furan rings is 1. The molecule has 0 saturated carbocycles. The molecule has 2 aromatic rings. The highest BCUT2D eigenvalue weighted by Gasteiger charge is 2.07. The fourth-order valence-corrected chi connectivity index (χ4v) is 1.14. The second kappa shape index (κ2) is 3.83. The number of ketones is 1. The Morgan fingerprint density at radius 3 is 2.93 bits per heavy atom. The first-order valence-electron chi connectivity index (χ1n) is 4.17. The largest absolute Gasteiger partial charge is 0.472 e. The molecule has 4 heteroatoms. The van der Waals surface area contributed by atoms with E-state index in [1.54, 1.807) is 24.7 Å². The van der Waals surface area contributed by atoms with Crippen LogP contribution in [-0.4, -0.2) is 16.0 Å². The smallest absolute Gasteiger partial charge is 0.169 e. The molecule has 2 rings (SSSR count). The first-order valence-corrected chi connectivity index (χ1v) is 4.17. The van der Waals surface area contributed by atoms with Crippen molar-refractivity contribution in [2.45, 2.75) is 6.42 Å². The topological polar surface area (TPSA) is 56.0 Å². The summed E-state index contributed by atoms with van der Waals surface area (Å²) in [6.07, 6.45) is 6.41. The molecule has 0 aliphatic rings. The van der Waals surface area contributed by atoms with Crippen molar-refractivity contribution in [3.8, 4) is 0 Å². The van der Waals surface area contributed by atoms with Crippen molar-refractivity contribution >= 4 is 5.78 Å². The molecule has 0 N–H and O–H groups in total. The Balaban J connectivity index is 2.11. The summed E-state index contributed by atoms with van der Waals surface area (Å²) in [5, 5.41) is 7.24. The maximum Gasteiger partial charge on any atom is 0.169 e. The lowest BCUT2D eigenvalue weighted by atomic mass is 10.1. The van der Waals surface area contributed by atoms with Gasteiger partial charge in [-0.25, -0.2) is 0 Å². The van der Waals surface area contributed by atoms with E-state index in [1.807, 2.05) is 0 Å². The van der Waals surface area contributed by atoms with Crippen molar-refractivity contribution in [3.63, 3.8) is 0 Å². The number of rotatable bonds is 3. The van der Waals surface area contributed by atoms with Gasteiger partial charge in [-0.3, -0.25) is 4.79 Å². The highest BCUT2D eigenvalue weighted by atomic mass is 16.3. The van der Waals surface area contributed by atoms with Crippen molar-refractivity contribution in [2.24, 2.45) is 0 Å². The number of hydrogen-bond acceptors (Lipinski definition) is 4. The van der Waals surface area contributed by atoms with E-state index in [2.05, 4.69) is 10.2 Å². The number of aromatic nitrogens is 2. The summed E-state index contributed by atoms with van der Waals surface area (Å²) in [6.45, 7) is 0. The third-order valence-electron chi connectivity index (χ3n) is 1.85. The minimum atomic E-state index is 0.0151. The van der Waals surface area contributed by atoms with Crippen LogP contribution in [0.4, 0.5) is 0 Å². The van der Waals surface area contributed by atoms with E-state index < -0.39 is 0 Å². The lowest BCUT2D eigenvalue weighted by Gasteiger charge is -1.96. The SMILES string of the molecule is O=C(Cc1ccoc1)c1ccnnc1. The quantitative estimate of drug-likeness (QED) is 0.685. The van der Waals surface area contributed by atoms with Crippen LogP contribution in [0.25, 0.3) is 0 Å². The number of Topliss-reactive ketones (excluding diaryl/α,β-unsaturated/α-hetero) is 1. The number of carbonyl (C=O) groups is 1. The second-order valence-corrected chi connectivity index (χ2v) is 2.86. The highest BCUT2D eigenvalue weighted by Crippen LogP contribution is 2.06. The van der Waals surface area contributed by atoms with E-state index in [9.17, 15) is 4.79 Å². The zero-order valence-electron chi connectivity index (χ0n) is 7.38. The highest BCUT2D eigenvalue weighted by molar-refractivity contribution is 5.97. The Bertz CT molecular complexity index is 409. The van der Waals surface area contributed by atoms with Crippen molar-refractivity contribution in [1.82, 2.24) is 10.2 Å². The first-order chi connectivity index (χ1) is 6.86. The molecular formula is C10H8N2O2. The molecule has 0 unspecified atom stereocenters. The van der Waals surface area contributed by atoms with E-state index in [4.69, 9.17) is 4.42 Å². The van der Waals surface area contributed by atoms with E-state index in [1.165, 1.54) is 12.4 Å². The molecule has 70 valence electrons. The maximum absolute atomic E-state index is 11.6. The van der Waals surface area contributed by atoms with Gasteiger partial charge < -0.3 is 4.42 Å². The minimum absolute atomic E-state index is 0.0151. The van der Waals surface area contributed by atoms with Crippen LogP contribution in [0.2, 0.25) is 0 Å². The molecule has 0 spiro atoms. The van der Waals surface area contributed by atoms with Crippen molar-refractivity contribution in [1.29, 1.82) is 0 Å². The average molecular weight is 188 g/mol. The summed E-state index contributed by atoms with van der Waals surface area (Å²) in [5.74, 6) is 0.0151. The fourth-order valence-electron chi connectivity index (χ4n) is 1.14. The number of carbonyl (C=O) groups excluding carboxylic acids is 1. The van der Waals surface area contributed by atoms with Gasteiger partial charge in [0.05, 0.1) is 24.9 Å². The van der Waals surface area contributed by atoms with E-state index in [0.717, 1.165) is 5.56 Å². The molecule has 14 heavy (non-hydrogen) atoms.